The van der Waals surface area contributed by atoms with Crippen molar-refractivity contribution in [3.05, 3.63) is 59.7 Å². The van der Waals surface area contributed by atoms with Gasteiger partial charge in [-0.15, -0.1) is 0 Å². The second-order valence-corrected chi connectivity index (χ2v) is 7.31. The highest BCUT2D eigenvalue weighted by molar-refractivity contribution is 7.92. The molecule has 6 nitrogen and oxygen atoms in total. The molecule has 2 rings (SSSR count). The first-order valence-electron chi connectivity index (χ1n) is 7.58. The molecule has 0 spiro atoms. The van der Waals surface area contributed by atoms with Crippen molar-refractivity contribution in [2.45, 2.75) is 19.6 Å². The lowest BCUT2D eigenvalue weighted by Gasteiger charge is -2.17. The Kier molecular flexibility index (Phi) is 6.14. The van der Waals surface area contributed by atoms with Gasteiger partial charge in [0.2, 0.25) is 10.0 Å². The number of nitrogens with one attached hydrogen (secondary N) is 2. The number of amides is 1. The molecule has 2 aromatic rings. The van der Waals surface area contributed by atoms with Crippen LogP contribution in [0.4, 0.5) is 14.5 Å². The van der Waals surface area contributed by atoms with Crippen molar-refractivity contribution >= 4 is 21.6 Å². The van der Waals surface area contributed by atoms with Gasteiger partial charge in [0.25, 0.3) is 5.91 Å². The fourth-order valence-corrected chi connectivity index (χ4v) is 2.87. The van der Waals surface area contributed by atoms with Crippen LogP contribution in [0.2, 0.25) is 0 Å². The Balaban J connectivity index is 2.17. The molecule has 1 unspecified atom stereocenters. The van der Waals surface area contributed by atoms with E-state index in [0.29, 0.717) is 5.56 Å². The molecule has 1 amide bonds. The van der Waals surface area contributed by atoms with E-state index in [2.05, 4.69) is 14.8 Å². The first kappa shape index (κ1) is 19.6. The van der Waals surface area contributed by atoms with Crippen molar-refractivity contribution < 1.29 is 26.7 Å². The number of hydrogen-bond donors (Lipinski definition) is 2. The fourth-order valence-electron chi connectivity index (χ4n) is 2.29. The number of sulfonamides is 1. The lowest BCUT2D eigenvalue weighted by Crippen LogP contribution is -2.28. The lowest BCUT2D eigenvalue weighted by molar-refractivity contribution is -0.0499. The highest BCUT2D eigenvalue weighted by atomic mass is 32.2. The molecule has 1 atom stereocenters. The molecule has 0 fully saturated rings. The summed E-state index contributed by atoms with van der Waals surface area (Å²) in [5.41, 5.74) is 0.851. The smallest absolute Gasteiger partial charge is 0.387 e. The third-order valence-corrected chi connectivity index (χ3v) is 3.99. The van der Waals surface area contributed by atoms with Gasteiger partial charge in [-0.1, -0.05) is 24.3 Å². The summed E-state index contributed by atoms with van der Waals surface area (Å²) in [6.45, 7) is -1.27. The van der Waals surface area contributed by atoms with E-state index in [1.807, 2.05) is 0 Å². The summed E-state index contributed by atoms with van der Waals surface area (Å²) < 4.78 is 54.1. The molecule has 0 aliphatic rings. The van der Waals surface area contributed by atoms with Gasteiger partial charge in [-0.05, 0) is 36.8 Å². The average Bonchev–Trinajstić information content (AvgIpc) is 2.53. The molecule has 0 saturated carbocycles. The number of carbonyl (C=O) groups excluding carboxylic acids is 1. The van der Waals surface area contributed by atoms with E-state index in [1.54, 1.807) is 25.1 Å². The zero-order chi connectivity index (χ0) is 19.3. The zero-order valence-corrected chi connectivity index (χ0v) is 14.9. The highest BCUT2D eigenvalue weighted by Gasteiger charge is 2.17. The molecule has 26 heavy (non-hydrogen) atoms. The molecule has 140 valence electrons. The number of benzene rings is 2. The Morgan fingerprint density at radius 2 is 1.81 bits per heavy atom. The predicted octanol–water partition coefficient (Wildman–Crippen LogP) is 3.15. The van der Waals surface area contributed by atoms with E-state index >= 15 is 0 Å². The molecule has 9 heteroatoms. The zero-order valence-electron chi connectivity index (χ0n) is 14.1. The minimum atomic E-state index is -3.55. The van der Waals surface area contributed by atoms with Crippen LogP contribution in [0.5, 0.6) is 5.75 Å². The summed E-state index contributed by atoms with van der Waals surface area (Å²) in [4.78, 5) is 12.5. The van der Waals surface area contributed by atoms with E-state index in [9.17, 15) is 22.0 Å². The first-order chi connectivity index (χ1) is 12.2. The number of rotatable bonds is 7. The minimum absolute atomic E-state index is 0.0160. The minimum Gasteiger partial charge on any atom is -0.435 e. The molecule has 2 N–H and O–H groups in total. The van der Waals surface area contributed by atoms with Crippen LogP contribution in [-0.4, -0.2) is 27.2 Å². The van der Waals surface area contributed by atoms with Gasteiger partial charge in [0.15, 0.2) is 0 Å². The van der Waals surface area contributed by atoms with E-state index in [1.165, 1.54) is 30.3 Å². The van der Waals surface area contributed by atoms with Crippen molar-refractivity contribution in [2.75, 3.05) is 11.0 Å². The van der Waals surface area contributed by atoms with Crippen LogP contribution in [0.3, 0.4) is 0 Å². The summed E-state index contributed by atoms with van der Waals surface area (Å²) >= 11 is 0. The topological polar surface area (TPSA) is 84.5 Å². The normalized spacial score (nSPS) is 12.5. The first-order valence-corrected chi connectivity index (χ1v) is 9.47. The fraction of sp³-hybridized carbons (Fsp3) is 0.235. The summed E-state index contributed by atoms with van der Waals surface area (Å²) in [6.07, 6.45) is 0.985. The van der Waals surface area contributed by atoms with E-state index in [4.69, 9.17) is 0 Å². The third-order valence-electron chi connectivity index (χ3n) is 3.40. The summed E-state index contributed by atoms with van der Waals surface area (Å²) in [6, 6.07) is 11.6. The maximum Gasteiger partial charge on any atom is 0.387 e. The summed E-state index contributed by atoms with van der Waals surface area (Å²) in [5, 5.41) is 2.70. The molecule has 0 saturated heterocycles. The van der Waals surface area contributed by atoms with Crippen molar-refractivity contribution in [3.8, 4) is 5.75 Å². The number of hydrogen-bond acceptors (Lipinski definition) is 4. The molecule has 2 aromatic carbocycles. The largest absolute Gasteiger partial charge is 0.435 e. The molecule has 0 radical (unpaired) electrons. The van der Waals surface area contributed by atoms with Gasteiger partial charge in [0.1, 0.15) is 5.75 Å². The van der Waals surface area contributed by atoms with Gasteiger partial charge >= 0.3 is 6.61 Å². The van der Waals surface area contributed by atoms with Crippen molar-refractivity contribution in [1.29, 1.82) is 0 Å². The molecular formula is C17H18F2N2O4S. The Morgan fingerprint density at radius 3 is 2.46 bits per heavy atom. The number of alkyl halides is 2. The van der Waals surface area contributed by atoms with E-state index in [0.717, 1.165) is 6.26 Å². The summed E-state index contributed by atoms with van der Waals surface area (Å²) in [5.74, 6) is -0.526. The van der Waals surface area contributed by atoms with Crippen molar-refractivity contribution in [3.63, 3.8) is 0 Å². The van der Waals surface area contributed by atoms with Crippen LogP contribution in [0.25, 0.3) is 0 Å². The third kappa shape index (κ3) is 5.69. The standard InChI is InChI=1S/C17H18F2N2O4S/c1-11(12-6-5-7-13(10-12)25-17(18)19)20-16(22)14-8-3-4-9-15(14)21-26(2,23)24/h3-11,17,21H,1-2H3,(H,20,22). The molecule has 0 aliphatic heterocycles. The molecular weight excluding hydrogens is 366 g/mol. The SMILES string of the molecule is CC(NC(=O)c1ccccc1NS(C)(=O)=O)c1cccc(OC(F)F)c1. The van der Waals surface area contributed by atoms with Gasteiger partial charge in [-0.3, -0.25) is 9.52 Å². The summed E-state index contributed by atoms with van der Waals surface area (Å²) in [7, 11) is -3.55. The van der Waals surface area contributed by atoms with Crippen molar-refractivity contribution in [1.82, 2.24) is 5.32 Å². The van der Waals surface area contributed by atoms with Gasteiger partial charge in [-0.25, -0.2) is 8.42 Å². The number of anilines is 1. The van der Waals surface area contributed by atoms with Gasteiger partial charge in [0.05, 0.1) is 23.5 Å². The number of carbonyl (C=O) groups is 1. The van der Waals surface area contributed by atoms with Crippen molar-refractivity contribution in [2.24, 2.45) is 0 Å². The van der Waals surface area contributed by atoms with Gasteiger partial charge < -0.3 is 10.1 Å². The van der Waals surface area contributed by atoms with Crippen LogP contribution < -0.4 is 14.8 Å². The molecule has 0 aliphatic carbocycles. The van der Waals surface area contributed by atoms with Crippen LogP contribution in [0.1, 0.15) is 28.9 Å². The highest BCUT2D eigenvalue weighted by Crippen LogP contribution is 2.22. The molecule has 0 bridgehead atoms. The Morgan fingerprint density at radius 1 is 1.12 bits per heavy atom. The van der Waals surface area contributed by atoms with E-state index < -0.39 is 28.6 Å². The van der Waals surface area contributed by atoms with E-state index in [-0.39, 0.29) is 17.0 Å². The Hall–Kier alpha value is -2.68. The number of para-hydroxylation sites is 1. The van der Waals surface area contributed by atoms with Crippen LogP contribution in [-0.2, 0) is 10.0 Å². The van der Waals surface area contributed by atoms with Crippen LogP contribution in [0, 0.1) is 0 Å². The van der Waals surface area contributed by atoms with Crippen LogP contribution in [0.15, 0.2) is 48.5 Å². The average molecular weight is 384 g/mol. The molecule has 0 aromatic heterocycles. The number of halogens is 2. The van der Waals surface area contributed by atoms with Crippen LogP contribution >= 0.6 is 0 Å². The number of ether oxygens (including phenoxy) is 1. The van der Waals surface area contributed by atoms with Gasteiger partial charge in [-0.2, -0.15) is 8.78 Å². The maximum atomic E-state index is 12.5. The quantitative estimate of drug-likeness (QED) is 0.768. The van der Waals surface area contributed by atoms with Gasteiger partial charge in [0, 0.05) is 0 Å². The second-order valence-electron chi connectivity index (χ2n) is 5.57. The Labute approximate surface area is 150 Å². The predicted molar refractivity (Wildman–Crippen MR) is 93.9 cm³/mol. The monoisotopic (exact) mass is 384 g/mol. The molecule has 0 heterocycles. The second kappa shape index (κ2) is 8.13. The Bertz CT molecular complexity index is 888. The maximum absolute atomic E-state index is 12.5. The lowest BCUT2D eigenvalue weighted by atomic mass is 10.1.